The van der Waals surface area contributed by atoms with Gasteiger partial charge >= 0.3 is 0 Å². The van der Waals surface area contributed by atoms with Crippen molar-refractivity contribution in [3.8, 4) is 5.75 Å². The summed E-state index contributed by atoms with van der Waals surface area (Å²) >= 11 is 0. The molecular weight excluding hydrogens is 250 g/mol. The van der Waals surface area contributed by atoms with Crippen LogP contribution in [0.5, 0.6) is 5.75 Å². The molecule has 0 aromatic heterocycles. The summed E-state index contributed by atoms with van der Waals surface area (Å²) < 4.78 is 5.47. The molecule has 0 spiro atoms. The molecule has 20 heavy (non-hydrogen) atoms. The standard InChI is InChI=1S/C17H19NO2/c1-13-7-6-10-16(11-13)20-12-17(19)18-14(2)15-8-4-3-5-9-15/h3-11,14H,12H2,1-2H3,(H,18,19). The van der Waals surface area contributed by atoms with Crippen LogP contribution in [0.4, 0.5) is 0 Å². The molecule has 0 aliphatic carbocycles. The van der Waals surface area contributed by atoms with Crippen molar-refractivity contribution in [2.75, 3.05) is 6.61 Å². The quantitative estimate of drug-likeness (QED) is 0.904. The third-order valence-corrected chi connectivity index (χ3v) is 3.04. The van der Waals surface area contributed by atoms with E-state index in [1.165, 1.54) is 0 Å². The van der Waals surface area contributed by atoms with Crippen LogP contribution in [0.1, 0.15) is 24.1 Å². The molecule has 104 valence electrons. The Kier molecular flexibility index (Phi) is 4.77. The van der Waals surface area contributed by atoms with E-state index in [1.807, 2.05) is 68.4 Å². The summed E-state index contributed by atoms with van der Waals surface area (Å²) in [6.45, 7) is 3.98. The van der Waals surface area contributed by atoms with Crippen molar-refractivity contribution in [1.29, 1.82) is 0 Å². The lowest BCUT2D eigenvalue weighted by atomic mass is 10.1. The van der Waals surface area contributed by atoms with Crippen molar-refractivity contribution in [2.45, 2.75) is 19.9 Å². The molecule has 2 aromatic carbocycles. The molecule has 0 bridgehead atoms. The van der Waals surface area contributed by atoms with E-state index in [9.17, 15) is 4.79 Å². The molecule has 0 fully saturated rings. The lowest BCUT2D eigenvalue weighted by Crippen LogP contribution is -2.31. The Morgan fingerprint density at radius 1 is 1.15 bits per heavy atom. The van der Waals surface area contributed by atoms with Gasteiger partial charge in [0.1, 0.15) is 5.75 Å². The molecule has 3 nitrogen and oxygen atoms in total. The second-order valence-electron chi connectivity index (χ2n) is 4.81. The molecule has 1 unspecified atom stereocenters. The average Bonchev–Trinajstić information content (AvgIpc) is 2.46. The molecule has 0 aliphatic heterocycles. The van der Waals surface area contributed by atoms with E-state index in [0.29, 0.717) is 5.75 Å². The third-order valence-electron chi connectivity index (χ3n) is 3.04. The van der Waals surface area contributed by atoms with Crippen LogP contribution in [0.25, 0.3) is 0 Å². The predicted octanol–water partition coefficient (Wildman–Crippen LogP) is 3.25. The summed E-state index contributed by atoms with van der Waals surface area (Å²) in [6.07, 6.45) is 0. The van der Waals surface area contributed by atoms with Gasteiger partial charge in [-0.05, 0) is 37.1 Å². The van der Waals surface area contributed by atoms with Crippen molar-refractivity contribution < 1.29 is 9.53 Å². The van der Waals surface area contributed by atoms with Gasteiger partial charge in [0.25, 0.3) is 5.91 Å². The van der Waals surface area contributed by atoms with Crippen LogP contribution < -0.4 is 10.1 Å². The number of nitrogens with one attached hydrogen (secondary N) is 1. The van der Waals surface area contributed by atoms with Gasteiger partial charge in [0.05, 0.1) is 6.04 Å². The van der Waals surface area contributed by atoms with Crippen LogP contribution in [0.3, 0.4) is 0 Å². The van der Waals surface area contributed by atoms with E-state index >= 15 is 0 Å². The van der Waals surface area contributed by atoms with Crippen LogP contribution in [0, 0.1) is 6.92 Å². The Morgan fingerprint density at radius 2 is 1.90 bits per heavy atom. The van der Waals surface area contributed by atoms with Crippen molar-refractivity contribution >= 4 is 5.91 Å². The maximum atomic E-state index is 11.8. The van der Waals surface area contributed by atoms with Crippen LogP contribution in [0.2, 0.25) is 0 Å². The summed E-state index contributed by atoms with van der Waals surface area (Å²) in [6, 6.07) is 17.5. The van der Waals surface area contributed by atoms with Gasteiger partial charge in [-0.15, -0.1) is 0 Å². The zero-order chi connectivity index (χ0) is 14.4. The molecular formula is C17H19NO2. The van der Waals surface area contributed by atoms with E-state index in [4.69, 9.17) is 4.74 Å². The SMILES string of the molecule is Cc1cccc(OCC(=O)NC(C)c2ccccc2)c1. The van der Waals surface area contributed by atoms with Gasteiger partial charge in [-0.2, -0.15) is 0 Å². The first-order valence-corrected chi connectivity index (χ1v) is 6.69. The Bertz CT molecular complexity index is 566. The monoisotopic (exact) mass is 269 g/mol. The highest BCUT2D eigenvalue weighted by molar-refractivity contribution is 5.78. The first-order valence-electron chi connectivity index (χ1n) is 6.69. The fourth-order valence-electron chi connectivity index (χ4n) is 1.96. The van der Waals surface area contributed by atoms with Gasteiger partial charge in [0, 0.05) is 0 Å². The fourth-order valence-corrected chi connectivity index (χ4v) is 1.96. The lowest BCUT2D eigenvalue weighted by Gasteiger charge is -2.14. The second kappa shape index (κ2) is 6.75. The van der Waals surface area contributed by atoms with Crippen LogP contribution in [-0.2, 0) is 4.79 Å². The number of carbonyl (C=O) groups is 1. The largest absolute Gasteiger partial charge is 0.484 e. The van der Waals surface area contributed by atoms with Crippen LogP contribution in [-0.4, -0.2) is 12.5 Å². The number of aryl methyl sites for hydroxylation is 1. The number of ether oxygens (including phenoxy) is 1. The van der Waals surface area contributed by atoms with Gasteiger partial charge in [-0.1, -0.05) is 42.5 Å². The van der Waals surface area contributed by atoms with Gasteiger partial charge in [-0.25, -0.2) is 0 Å². The third kappa shape index (κ3) is 4.12. The molecule has 0 saturated heterocycles. The minimum Gasteiger partial charge on any atom is -0.484 e. The van der Waals surface area contributed by atoms with Gasteiger partial charge in [0.2, 0.25) is 0 Å². The topological polar surface area (TPSA) is 38.3 Å². The average molecular weight is 269 g/mol. The Morgan fingerprint density at radius 3 is 2.60 bits per heavy atom. The molecule has 1 N–H and O–H groups in total. The number of carbonyl (C=O) groups excluding carboxylic acids is 1. The van der Waals surface area contributed by atoms with E-state index < -0.39 is 0 Å². The molecule has 2 aromatic rings. The summed E-state index contributed by atoms with van der Waals surface area (Å²) in [5.41, 5.74) is 2.19. The summed E-state index contributed by atoms with van der Waals surface area (Å²) in [7, 11) is 0. The molecule has 0 aliphatic rings. The van der Waals surface area contributed by atoms with E-state index in [-0.39, 0.29) is 18.6 Å². The van der Waals surface area contributed by atoms with E-state index in [2.05, 4.69) is 5.32 Å². The molecule has 0 radical (unpaired) electrons. The Hall–Kier alpha value is -2.29. The van der Waals surface area contributed by atoms with Gasteiger partial charge in [0.15, 0.2) is 6.61 Å². The van der Waals surface area contributed by atoms with Gasteiger partial charge in [-0.3, -0.25) is 4.79 Å². The number of hydrogen-bond acceptors (Lipinski definition) is 2. The lowest BCUT2D eigenvalue weighted by molar-refractivity contribution is -0.123. The highest BCUT2D eigenvalue weighted by Gasteiger charge is 2.09. The highest BCUT2D eigenvalue weighted by atomic mass is 16.5. The first-order chi connectivity index (χ1) is 9.65. The number of rotatable bonds is 5. The van der Waals surface area contributed by atoms with Gasteiger partial charge < -0.3 is 10.1 Å². The molecule has 2 rings (SSSR count). The molecule has 0 heterocycles. The molecule has 1 atom stereocenters. The predicted molar refractivity (Wildman–Crippen MR) is 79.7 cm³/mol. The minimum absolute atomic E-state index is 0.0233. The van der Waals surface area contributed by atoms with Crippen molar-refractivity contribution in [1.82, 2.24) is 5.32 Å². The first kappa shape index (κ1) is 14.1. The molecule has 1 amide bonds. The maximum absolute atomic E-state index is 11.8. The number of amides is 1. The van der Waals surface area contributed by atoms with Crippen LogP contribution >= 0.6 is 0 Å². The molecule has 0 saturated carbocycles. The van der Waals surface area contributed by atoms with E-state index in [1.54, 1.807) is 0 Å². The van der Waals surface area contributed by atoms with E-state index in [0.717, 1.165) is 11.1 Å². The smallest absolute Gasteiger partial charge is 0.258 e. The zero-order valence-corrected chi connectivity index (χ0v) is 11.8. The summed E-state index contributed by atoms with van der Waals surface area (Å²) in [5, 5.41) is 2.92. The zero-order valence-electron chi connectivity index (χ0n) is 11.8. The minimum atomic E-state index is -0.122. The number of hydrogen-bond donors (Lipinski definition) is 1. The summed E-state index contributed by atoms with van der Waals surface area (Å²) in [4.78, 5) is 11.8. The van der Waals surface area contributed by atoms with Crippen molar-refractivity contribution in [3.63, 3.8) is 0 Å². The fraction of sp³-hybridized carbons (Fsp3) is 0.235. The number of benzene rings is 2. The van der Waals surface area contributed by atoms with Crippen LogP contribution in [0.15, 0.2) is 54.6 Å². The van der Waals surface area contributed by atoms with Crippen molar-refractivity contribution in [2.24, 2.45) is 0 Å². The Balaban J connectivity index is 1.84. The second-order valence-corrected chi connectivity index (χ2v) is 4.81. The Labute approximate surface area is 119 Å². The van der Waals surface area contributed by atoms with Crippen molar-refractivity contribution in [3.05, 3.63) is 65.7 Å². The summed E-state index contributed by atoms with van der Waals surface area (Å²) in [5.74, 6) is 0.593. The highest BCUT2D eigenvalue weighted by Crippen LogP contribution is 2.13. The maximum Gasteiger partial charge on any atom is 0.258 e. The molecule has 3 heteroatoms. The normalized spacial score (nSPS) is 11.7.